The molecule has 2 unspecified atom stereocenters. The molecular formula is C15H26N4O. The zero-order valence-electron chi connectivity index (χ0n) is 13.0. The van der Waals surface area contributed by atoms with Crippen LogP contribution in [0, 0.1) is 11.8 Å². The highest BCUT2D eigenvalue weighted by Gasteiger charge is 2.25. The topological polar surface area (TPSA) is 50.2 Å². The maximum Gasteiger partial charge on any atom is 0.293 e. The van der Waals surface area contributed by atoms with Gasteiger partial charge in [0, 0.05) is 31.5 Å². The molecule has 20 heavy (non-hydrogen) atoms. The third-order valence-corrected chi connectivity index (χ3v) is 3.91. The Morgan fingerprint density at radius 2 is 2.25 bits per heavy atom. The smallest absolute Gasteiger partial charge is 0.293 e. The summed E-state index contributed by atoms with van der Waals surface area (Å²) in [6.45, 7) is 9.31. The van der Waals surface area contributed by atoms with Crippen LogP contribution in [-0.2, 0) is 6.54 Å². The van der Waals surface area contributed by atoms with Gasteiger partial charge in [0.2, 0.25) is 0 Å². The van der Waals surface area contributed by atoms with Crippen LogP contribution in [0.15, 0.2) is 17.2 Å². The van der Waals surface area contributed by atoms with Crippen molar-refractivity contribution in [1.82, 2.24) is 14.5 Å². The Labute approximate surface area is 121 Å². The molecule has 1 aromatic rings. The van der Waals surface area contributed by atoms with Gasteiger partial charge in [-0.25, -0.2) is 4.98 Å². The second-order valence-electron chi connectivity index (χ2n) is 6.41. The molecule has 2 atom stereocenters. The summed E-state index contributed by atoms with van der Waals surface area (Å²) in [5, 5.41) is 3.36. The summed E-state index contributed by atoms with van der Waals surface area (Å²) in [6.07, 6.45) is 4.54. The lowest BCUT2D eigenvalue weighted by Gasteiger charge is -2.35. The largest absolute Gasteiger partial charge is 0.362 e. The van der Waals surface area contributed by atoms with E-state index in [0.717, 1.165) is 26.1 Å². The van der Waals surface area contributed by atoms with E-state index in [-0.39, 0.29) is 5.56 Å². The molecule has 0 amide bonds. The van der Waals surface area contributed by atoms with Crippen LogP contribution in [0.4, 0.5) is 5.82 Å². The van der Waals surface area contributed by atoms with Gasteiger partial charge in [0.15, 0.2) is 5.82 Å². The van der Waals surface area contributed by atoms with Crippen LogP contribution in [0.5, 0.6) is 0 Å². The van der Waals surface area contributed by atoms with E-state index in [4.69, 9.17) is 0 Å². The highest BCUT2D eigenvalue weighted by Crippen LogP contribution is 2.18. The molecule has 0 saturated carbocycles. The van der Waals surface area contributed by atoms with Crippen molar-refractivity contribution in [3.05, 3.63) is 22.7 Å². The SMILES string of the molecule is CC(C)Cn1ccnc(NC2CCN(C)CC2C)c1=O. The number of nitrogens with one attached hydrogen (secondary N) is 1. The summed E-state index contributed by atoms with van der Waals surface area (Å²) in [4.78, 5) is 18.9. The van der Waals surface area contributed by atoms with Crippen molar-refractivity contribution >= 4 is 5.82 Å². The summed E-state index contributed by atoms with van der Waals surface area (Å²) in [5.41, 5.74) is -0.00710. The highest BCUT2D eigenvalue weighted by atomic mass is 16.1. The fourth-order valence-electron chi connectivity index (χ4n) is 2.83. The van der Waals surface area contributed by atoms with Crippen molar-refractivity contribution in [2.75, 3.05) is 25.5 Å². The van der Waals surface area contributed by atoms with Crippen molar-refractivity contribution in [1.29, 1.82) is 0 Å². The minimum atomic E-state index is -0.00710. The second-order valence-corrected chi connectivity index (χ2v) is 6.41. The Kier molecular flexibility index (Phi) is 4.81. The molecule has 1 fully saturated rings. The first-order valence-corrected chi connectivity index (χ1v) is 7.48. The van der Waals surface area contributed by atoms with Gasteiger partial charge in [0.1, 0.15) is 0 Å². The predicted octanol–water partition coefficient (Wildman–Crippen LogP) is 1.65. The first-order valence-electron chi connectivity index (χ1n) is 7.48. The monoisotopic (exact) mass is 278 g/mol. The quantitative estimate of drug-likeness (QED) is 0.910. The number of aromatic nitrogens is 2. The lowest BCUT2D eigenvalue weighted by Crippen LogP contribution is -2.44. The minimum Gasteiger partial charge on any atom is -0.362 e. The number of piperidine rings is 1. The molecule has 1 N–H and O–H groups in total. The van der Waals surface area contributed by atoms with Crippen molar-refractivity contribution in [2.45, 2.75) is 39.8 Å². The van der Waals surface area contributed by atoms with Crippen LogP contribution in [0.3, 0.4) is 0 Å². The third kappa shape index (κ3) is 3.60. The van der Waals surface area contributed by atoms with E-state index in [0.29, 0.717) is 23.7 Å². The van der Waals surface area contributed by atoms with Crippen LogP contribution < -0.4 is 10.9 Å². The zero-order chi connectivity index (χ0) is 14.7. The van der Waals surface area contributed by atoms with Gasteiger partial charge in [-0.1, -0.05) is 20.8 Å². The van der Waals surface area contributed by atoms with Crippen molar-refractivity contribution in [3.63, 3.8) is 0 Å². The summed E-state index contributed by atoms with van der Waals surface area (Å²) in [6, 6.07) is 0.335. The number of nitrogens with zero attached hydrogens (tertiary/aromatic N) is 3. The van der Waals surface area contributed by atoms with Gasteiger partial charge in [-0.05, 0) is 31.8 Å². The lowest BCUT2D eigenvalue weighted by molar-refractivity contribution is 0.206. The van der Waals surface area contributed by atoms with E-state index in [9.17, 15) is 4.79 Å². The number of hydrogen-bond acceptors (Lipinski definition) is 4. The third-order valence-electron chi connectivity index (χ3n) is 3.91. The van der Waals surface area contributed by atoms with Crippen LogP contribution in [-0.4, -0.2) is 40.6 Å². The molecule has 112 valence electrons. The van der Waals surface area contributed by atoms with E-state index < -0.39 is 0 Å². The molecule has 1 aliphatic heterocycles. The van der Waals surface area contributed by atoms with Gasteiger partial charge in [-0.3, -0.25) is 4.79 Å². The fourth-order valence-corrected chi connectivity index (χ4v) is 2.83. The summed E-state index contributed by atoms with van der Waals surface area (Å²) in [5.74, 6) is 1.47. The van der Waals surface area contributed by atoms with Crippen LogP contribution >= 0.6 is 0 Å². The number of rotatable bonds is 4. The second kappa shape index (κ2) is 6.39. The van der Waals surface area contributed by atoms with Gasteiger partial charge in [0.25, 0.3) is 5.56 Å². The number of hydrogen-bond donors (Lipinski definition) is 1. The van der Waals surface area contributed by atoms with E-state index in [2.05, 4.69) is 43.0 Å². The summed E-state index contributed by atoms with van der Waals surface area (Å²) < 4.78 is 1.75. The molecule has 1 saturated heterocycles. The molecule has 1 aromatic heterocycles. The lowest BCUT2D eigenvalue weighted by atomic mass is 9.94. The molecule has 1 aliphatic rings. The number of anilines is 1. The Bertz CT molecular complexity index is 497. The Morgan fingerprint density at radius 3 is 2.90 bits per heavy atom. The highest BCUT2D eigenvalue weighted by molar-refractivity contribution is 5.32. The Balaban J connectivity index is 2.11. The number of likely N-dealkylation sites (tertiary alicyclic amines) is 1. The molecule has 0 spiro atoms. The van der Waals surface area contributed by atoms with Gasteiger partial charge < -0.3 is 14.8 Å². The molecule has 0 bridgehead atoms. The van der Waals surface area contributed by atoms with Crippen molar-refractivity contribution in [2.24, 2.45) is 11.8 Å². The molecule has 2 heterocycles. The van der Waals surface area contributed by atoms with E-state index in [1.807, 2.05) is 0 Å². The molecular weight excluding hydrogens is 252 g/mol. The van der Waals surface area contributed by atoms with Crippen molar-refractivity contribution < 1.29 is 0 Å². The van der Waals surface area contributed by atoms with E-state index >= 15 is 0 Å². The van der Waals surface area contributed by atoms with E-state index in [1.165, 1.54) is 0 Å². The normalized spacial score (nSPS) is 24.1. The van der Waals surface area contributed by atoms with Crippen molar-refractivity contribution in [3.8, 4) is 0 Å². The first-order chi connectivity index (χ1) is 9.47. The summed E-state index contributed by atoms with van der Waals surface area (Å²) in [7, 11) is 2.14. The minimum absolute atomic E-state index is 0.00710. The molecule has 0 aromatic carbocycles. The summed E-state index contributed by atoms with van der Waals surface area (Å²) >= 11 is 0. The van der Waals surface area contributed by atoms with E-state index in [1.54, 1.807) is 17.0 Å². The van der Waals surface area contributed by atoms with Gasteiger partial charge in [0.05, 0.1) is 0 Å². The van der Waals surface area contributed by atoms with Crippen LogP contribution in [0.25, 0.3) is 0 Å². The average molecular weight is 278 g/mol. The maximum absolute atomic E-state index is 12.4. The van der Waals surface area contributed by atoms with Crippen LogP contribution in [0.2, 0.25) is 0 Å². The Hall–Kier alpha value is -1.36. The Morgan fingerprint density at radius 1 is 1.50 bits per heavy atom. The predicted molar refractivity (Wildman–Crippen MR) is 82.0 cm³/mol. The first kappa shape index (κ1) is 15.0. The van der Waals surface area contributed by atoms with Gasteiger partial charge in [-0.2, -0.15) is 0 Å². The molecule has 0 aliphatic carbocycles. The molecule has 2 rings (SSSR count). The van der Waals surface area contributed by atoms with Gasteiger partial charge in [-0.15, -0.1) is 0 Å². The maximum atomic E-state index is 12.4. The zero-order valence-corrected chi connectivity index (χ0v) is 13.0. The molecule has 5 nitrogen and oxygen atoms in total. The fraction of sp³-hybridized carbons (Fsp3) is 0.733. The van der Waals surface area contributed by atoms with Crippen LogP contribution in [0.1, 0.15) is 27.2 Å². The standard InChI is InChI=1S/C15H26N4O/c1-11(2)9-19-8-6-16-14(15(19)20)17-13-5-7-18(4)10-12(13)3/h6,8,11-13H,5,7,9-10H2,1-4H3,(H,16,17). The average Bonchev–Trinajstić information content (AvgIpc) is 2.36. The molecule has 5 heteroatoms. The van der Waals surface area contributed by atoms with Gasteiger partial charge >= 0.3 is 0 Å². The molecule has 0 radical (unpaired) electrons.